The van der Waals surface area contributed by atoms with Crippen LogP contribution in [0.1, 0.15) is 23.2 Å². The topological polar surface area (TPSA) is 142 Å². The number of aromatic carboxylic acids is 1. The van der Waals surface area contributed by atoms with Crippen LogP contribution >= 0.6 is 12.4 Å². The van der Waals surface area contributed by atoms with Gasteiger partial charge in [-0.15, -0.1) is 17.5 Å². The van der Waals surface area contributed by atoms with Crippen molar-refractivity contribution in [2.24, 2.45) is 5.92 Å². The molecule has 0 unspecified atom stereocenters. The van der Waals surface area contributed by atoms with Gasteiger partial charge in [0.15, 0.2) is 5.76 Å². The van der Waals surface area contributed by atoms with Crippen LogP contribution in [0.2, 0.25) is 0 Å². The molecule has 2 aliphatic heterocycles. The van der Waals surface area contributed by atoms with Gasteiger partial charge in [0.1, 0.15) is 0 Å². The lowest BCUT2D eigenvalue weighted by molar-refractivity contribution is 0.0697. The number of piperazine rings is 1. The molecule has 1 aromatic carbocycles. The Hall–Kier alpha value is -3.90. The molecule has 5 heterocycles. The zero-order chi connectivity index (χ0) is 25.4. The van der Waals surface area contributed by atoms with Crippen molar-refractivity contribution < 1.29 is 14.3 Å². The number of hydrogen-bond donors (Lipinski definition) is 2. The summed E-state index contributed by atoms with van der Waals surface area (Å²) in [6.45, 7) is 6.56. The minimum atomic E-state index is -0.897. The van der Waals surface area contributed by atoms with Gasteiger partial charge in [0, 0.05) is 51.5 Å². The molecule has 3 N–H and O–H groups in total. The van der Waals surface area contributed by atoms with E-state index in [2.05, 4.69) is 34.8 Å². The molecular formula is C25H30ClN9O3. The van der Waals surface area contributed by atoms with E-state index < -0.39 is 5.97 Å². The summed E-state index contributed by atoms with van der Waals surface area (Å²) in [5.41, 5.74) is 7.60. The first-order chi connectivity index (χ1) is 18.0. The summed E-state index contributed by atoms with van der Waals surface area (Å²) in [5, 5.41) is 13.5. The van der Waals surface area contributed by atoms with Crippen LogP contribution in [0.25, 0.3) is 17.4 Å². The van der Waals surface area contributed by atoms with Gasteiger partial charge in [-0.25, -0.2) is 4.79 Å². The van der Waals surface area contributed by atoms with E-state index >= 15 is 0 Å². The van der Waals surface area contributed by atoms with Crippen molar-refractivity contribution >= 4 is 41.7 Å². The Kier molecular flexibility index (Phi) is 7.34. The Balaban J connectivity index is 0.00000294. The molecule has 200 valence electrons. The first-order valence-electron chi connectivity index (χ1n) is 12.5. The zero-order valence-corrected chi connectivity index (χ0v) is 21.6. The molecule has 2 saturated heterocycles. The largest absolute Gasteiger partial charge is 0.478 e. The van der Waals surface area contributed by atoms with E-state index in [-0.39, 0.29) is 18.4 Å². The molecular weight excluding hydrogens is 510 g/mol. The fourth-order valence-electron chi connectivity index (χ4n) is 5.21. The van der Waals surface area contributed by atoms with Gasteiger partial charge in [0.2, 0.25) is 17.7 Å². The smallest absolute Gasteiger partial charge is 0.335 e. The highest BCUT2D eigenvalue weighted by atomic mass is 35.5. The normalized spacial score (nSPS) is 18.5. The fourth-order valence-corrected chi connectivity index (χ4v) is 5.21. The minimum Gasteiger partial charge on any atom is -0.478 e. The van der Waals surface area contributed by atoms with Crippen molar-refractivity contribution in [2.45, 2.75) is 12.8 Å². The monoisotopic (exact) mass is 539 g/mol. The van der Waals surface area contributed by atoms with Crippen molar-refractivity contribution in [1.82, 2.24) is 29.5 Å². The van der Waals surface area contributed by atoms with E-state index in [9.17, 15) is 4.79 Å². The lowest BCUT2D eigenvalue weighted by Crippen LogP contribution is -2.49. The number of carboxylic acid groups (broad SMARTS) is 1. The van der Waals surface area contributed by atoms with Gasteiger partial charge >= 0.3 is 5.97 Å². The van der Waals surface area contributed by atoms with Crippen LogP contribution in [0.15, 0.2) is 47.1 Å². The van der Waals surface area contributed by atoms with E-state index in [4.69, 9.17) is 15.3 Å². The van der Waals surface area contributed by atoms with Gasteiger partial charge in [0.05, 0.1) is 11.8 Å². The predicted molar refractivity (Wildman–Crippen MR) is 145 cm³/mol. The number of nitrogens with zero attached hydrogens (tertiary/aromatic N) is 8. The number of carboxylic acids is 1. The maximum Gasteiger partial charge on any atom is 0.335 e. The van der Waals surface area contributed by atoms with Gasteiger partial charge < -0.3 is 25.1 Å². The highest BCUT2D eigenvalue weighted by Gasteiger charge is 2.27. The lowest BCUT2D eigenvalue weighted by Gasteiger charge is -2.40. The molecule has 1 atom stereocenters. The van der Waals surface area contributed by atoms with Gasteiger partial charge in [0.25, 0.3) is 5.78 Å². The molecule has 0 bridgehead atoms. The molecule has 2 aliphatic rings. The minimum absolute atomic E-state index is 0. The first kappa shape index (κ1) is 25.7. The lowest BCUT2D eigenvalue weighted by atomic mass is 9.97. The molecule has 0 saturated carbocycles. The molecule has 4 aromatic rings. The van der Waals surface area contributed by atoms with Crippen LogP contribution in [0, 0.1) is 5.92 Å². The van der Waals surface area contributed by atoms with Crippen LogP contribution in [-0.2, 0) is 0 Å². The summed E-state index contributed by atoms with van der Waals surface area (Å²) in [7, 11) is 0. The molecule has 12 nitrogen and oxygen atoms in total. The van der Waals surface area contributed by atoms with Crippen molar-refractivity contribution in [1.29, 1.82) is 0 Å². The molecule has 6 rings (SSSR count). The van der Waals surface area contributed by atoms with E-state index in [0.717, 1.165) is 57.9 Å². The highest BCUT2D eigenvalue weighted by Crippen LogP contribution is 2.25. The molecule has 0 radical (unpaired) electrons. The summed E-state index contributed by atoms with van der Waals surface area (Å²) in [6, 6.07) is 10.7. The number of anilines is 3. The number of nitrogens with two attached hydrogens (primary N) is 1. The summed E-state index contributed by atoms with van der Waals surface area (Å²) in [5.74, 6) is 1.84. The van der Waals surface area contributed by atoms with Gasteiger partial charge in [-0.2, -0.15) is 19.5 Å². The van der Waals surface area contributed by atoms with Gasteiger partial charge in [-0.1, -0.05) is 0 Å². The molecule has 38 heavy (non-hydrogen) atoms. The van der Waals surface area contributed by atoms with Crippen LogP contribution in [0.3, 0.4) is 0 Å². The summed E-state index contributed by atoms with van der Waals surface area (Å²) in [4.78, 5) is 31.8. The summed E-state index contributed by atoms with van der Waals surface area (Å²) in [6.07, 6.45) is 3.81. The van der Waals surface area contributed by atoms with Crippen LogP contribution in [0.4, 0.5) is 17.6 Å². The Labute approximate surface area is 225 Å². The second-order valence-corrected chi connectivity index (χ2v) is 9.60. The number of nitrogen functional groups attached to an aromatic ring is 1. The average Bonchev–Trinajstić information content (AvgIpc) is 3.60. The van der Waals surface area contributed by atoms with Crippen molar-refractivity contribution in [3.63, 3.8) is 0 Å². The third kappa shape index (κ3) is 5.22. The van der Waals surface area contributed by atoms with Gasteiger partial charge in [-0.05, 0) is 55.2 Å². The first-order valence-corrected chi connectivity index (χ1v) is 12.5. The average molecular weight is 540 g/mol. The van der Waals surface area contributed by atoms with Gasteiger partial charge in [-0.3, -0.25) is 4.90 Å². The number of carbonyl (C=O) groups is 1. The van der Waals surface area contributed by atoms with Crippen molar-refractivity contribution in [3.05, 3.63) is 48.2 Å². The van der Waals surface area contributed by atoms with E-state index in [1.165, 1.54) is 10.9 Å². The molecule has 3 aromatic heterocycles. The number of halogens is 1. The number of aromatic nitrogens is 5. The van der Waals surface area contributed by atoms with Crippen LogP contribution in [-0.4, -0.2) is 86.4 Å². The SMILES string of the molecule is Cl.Nc1nc(N2CCC[C@@H](CN3CCN(c4ccc(C(=O)O)cc4)CC3)C2)nc2nc(-c3ccco3)nn12. The number of hydrogen-bond acceptors (Lipinski definition) is 10. The predicted octanol–water partition coefficient (Wildman–Crippen LogP) is 2.52. The van der Waals surface area contributed by atoms with Crippen molar-refractivity contribution in [2.75, 3.05) is 61.3 Å². The third-order valence-corrected chi connectivity index (χ3v) is 7.13. The fraction of sp³-hybridized carbons (Fsp3) is 0.400. The number of fused-ring (bicyclic) bond motifs is 1. The quantitative estimate of drug-likeness (QED) is 0.373. The van der Waals surface area contributed by atoms with Crippen LogP contribution in [0.5, 0.6) is 0 Å². The number of piperidine rings is 1. The standard InChI is InChI=1S/C25H29N9O3.ClH/c26-23-28-24(29-25-27-21(30-34(23)25)20-4-2-14-37-20)33-9-1-3-17(16-33)15-31-10-12-32(13-11-31)19-7-5-18(6-8-19)22(35)36;/h2,4-8,14,17H,1,3,9-13,15-16H2,(H,35,36)(H2,26,27,28,29,30);1H/t17-;/m0./s1. The number of benzene rings is 1. The Morgan fingerprint density at radius 2 is 1.82 bits per heavy atom. The maximum absolute atomic E-state index is 11.1. The van der Waals surface area contributed by atoms with Crippen molar-refractivity contribution in [3.8, 4) is 11.6 Å². The highest BCUT2D eigenvalue weighted by molar-refractivity contribution is 5.88. The maximum atomic E-state index is 11.1. The van der Waals surface area contributed by atoms with E-state index in [1.807, 2.05) is 12.1 Å². The number of furan rings is 1. The Bertz CT molecular complexity index is 1390. The second-order valence-electron chi connectivity index (χ2n) is 9.60. The van der Waals surface area contributed by atoms with E-state index in [0.29, 0.717) is 34.8 Å². The zero-order valence-electron chi connectivity index (χ0n) is 20.8. The summed E-state index contributed by atoms with van der Waals surface area (Å²) < 4.78 is 6.84. The second kappa shape index (κ2) is 10.8. The van der Waals surface area contributed by atoms with Crippen LogP contribution < -0.4 is 15.5 Å². The molecule has 13 heteroatoms. The summed E-state index contributed by atoms with van der Waals surface area (Å²) >= 11 is 0. The Morgan fingerprint density at radius 1 is 1.03 bits per heavy atom. The molecule has 2 fully saturated rings. The molecule has 0 amide bonds. The molecule has 0 aliphatic carbocycles. The molecule has 0 spiro atoms. The number of rotatable bonds is 6. The Morgan fingerprint density at radius 3 is 2.53 bits per heavy atom. The third-order valence-electron chi connectivity index (χ3n) is 7.13. The van der Waals surface area contributed by atoms with E-state index in [1.54, 1.807) is 30.5 Å².